The summed E-state index contributed by atoms with van der Waals surface area (Å²) in [5.41, 5.74) is 3.05. The molecule has 0 saturated heterocycles. The minimum absolute atomic E-state index is 0.548. The monoisotopic (exact) mass is 496 g/mol. The van der Waals surface area contributed by atoms with Crippen LogP contribution in [0.15, 0.2) is 11.6 Å². The zero-order valence-corrected chi connectivity index (χ0v) is 21.4. The summed E-state index contributed by atoms with van der Waals surface area (Å²) in [4.78, 5) is 0. The summed E-state index contributed by atoms with van der Waals surface area (Å²) in [5, 5.41) is 0. The third-order valence-electron chi connectivity index (χ3n) is 10.2. The molecule has 160 valence electrons. The Balaban J connectivity index is 1.49. The van der Waals surface area contributed by atoms with Crippen molar-refractivity contribution in [1.29, 1.82) is 0 Å². The van der Waals surface area contributed by atoms with Crippen molar-refractivity contribution in [3.05, 3.63) is 11.6 Å². The van der Waals surface area contributed by atoms with Crippen molar-refractivity contribution in [2.24, 2.45) is 46.3 Å². The van der Waals surface area contributed by atoms with Crippen LogP contribution in [0.5, 0.6) is 0 Å². The SMILES string of the molecule is CC(C)CCC[C@H](C)[C@@H]1CC[C@@H]2[C@H]3CC=C4C[C@@H](I)CC[C@]4(C)[C@@H]3CC[C@]21C. The second kappa shape index (κ2) is 8.19. The quantitative estimate of drug-likeness (QED) is 0.203. The van der Waals surface area contributed by atoms with Gasteiger partial charge in [0.1, 0.15) is 0 Å². The molecule has 0 aromatic heterocycles. The molecule has 3 fully saturated rings. The fourth-order valence-electron chi connectivity index (χ4n) is 8.64. The van der Waals surface area contributed by atoms with E-state index in [-0.39, 0.29) is 0 Å². The molecule has 4 aliphatic rings. The van der Waals surface area contributed by atoms with Crippen LogP contribution in [0.3, 0.4) is 0 Å². The van der Waals surface area contributed by atoms with Gasteiger partial charge >= 0.3 is 0 Å². The van der Waals surface area contributed by atoms with Crippen molar-refractivity contribution in [1.82, 2.24) is 0 Å². The Kier molecular flexibility index (Phi) is 6.35. The Hall–Kier alpha value is 0.470. The summed E-state index contributed by atoms with van der Waals surface area (Å²) in [5.74, 6) is 5.79. The maximum absolute atomic E-state index is 2.75. The molecule has 0 bridgehead atoms. The summed E-state index contributed by atoms with van der Waals surface area (Å²) in [6.45, 7) is 12.8. The van der Waals surface area contributed by atoms with Crippen LogP contribution in [-0.2, 0) is 0 Å². The molecule has 0 aliphatic heterocycles. The summed E-state index contributed by atoms with van der Waals surface area (Å²) >= 11 is 2.71. The van der Waals surface area contributed by atoms with Crippen molar-refractivity contribution < 1.29 is 0 Å². The lowest BCUT2D eigenvalue weighted by atomic mass is 9.47. The summed E-state index contributed by atoms with van der Waals surface area (Å²) < 4.78 is 0.893. The first-order valence-electron chi connectivity index (χ1n) is 12.6. The molecule has 0 nitrogen and oxygen atoms in total. The van der Waals surface area contributed by atoms with Gasteiger partial charge in [-0.3, -0.25) is 0 Å². The minimum atomic E-state index is 0.548. The standard InChI is InChI=1S/C27H45I/c1-18(2)7-6-8-19(3)23-11-12-24-22-10-9-20-17-21(28)13-15-26(20,4)25(22)14-16-27(23,24)5/h9,18-19,21-25H,6-8,10-17H2,1-5H3/t19-,21-,22+,23-,24+,25+,26-,27-/m0/s1. The lowest BCUT2D eigenvalue weighted by Crippen LogP contribution is -2.50. The summed E-state index contributed by atoms with van der Waals surface area (Å²) in [6, 6.07) is 0. The zero-order chi connectivity index (χ0) is 20.1. The second-order valence-electron chi connectivity index (χ2n) is 12.1. The molecule has 1 heteroatoms. The van der Waals surface area contributed by atoms with E-state index in [4.69, 9.17) is 0 Å². The van der Waals surface area contributed by atoms with Crippen LogP contribution >= 0.6 is 22.6 Å². The molecule has 3 saturated carbocycles. The Morgan fingerprint density at radius 2 is 1.79 bits per heavy atom. The highest BCUT2D eigenvalue weighted by Gasteiger charge is 2.58. The normalized spacial score (nSPS) is 46.5. The summed E-state index contributed by atoms with van der Waals surface area (Å²) in [7, 11) is 0. The minimum Gasteiger partial charge on any atom is -0.0844 e. The van der Waals surface area contributed by atoms with Gasteiger partial charge in [0.05, 0.1) is 0 Å². The van der Waals surface area contributed by atoms with Gasteiger partial charge in [-0.25, -0.2) is 0 Å². The zero-order valence-electron chi connectivity index (χ0n) is 19.3. The Morgan fingerprint density at radius 3 is 2.54 bits per heavy atom. The number of fused-ring (bicyclic) bond motifs is 5. The molecule has 0 radical (unpaired) electrons. The van der Waals surface area contributed by atoms with Crippen LogP contribution in [0.25, 0.3) is 0 Å². The maximum atomic E-state index is 2.75. The molecule has 4 aliphatic carbocycles. The summed E-state index contributed by atoms with van der Waals surface area (Å²) in [6.07, 6.45) is 18.9. The number of allylic oxidation sites excluding steroid dienone is 2. The Morgan fingerprint density at radius 1 is 1.00 bits per heavy atom. The molecule has 0 aromatic rings. The third-order valence-corrected chi connectivity index (χ3v) is 11.3. The van der Waals surface area contributed by atoms with Gasteiger partial charge in [-0.2, -0.15) is 0 Å². The average molecular weight is 497 g/mol. The van der Waals surface area contributed by atoms with Gasteiger partial charge in [0.2, 0.25) is 0 Å². The maximum Gasteiger partial charge on any atom is 0.0147 e. The third kappa shape index (κ3) is 3.66. The van der Waals surface area contributed by atoms with Crippen molar-refractivity contribution in [2.45, 2.75) is 109 Å². The largest absolute Gasteiger partial charge is 0.0844 e. The van der Waals surface area contributed by atoms with Crippen molar-refractivity contribution in [2.75, 3.05) is 0 Å². The van der Waals surface area contributed by atoms with Gasteiger partial charge in [0, 0.05) is 3.92 Å². The Labute approximate surface area is 189 Å². The predicted molar refractivity (Wildman–Crippen MR) is 131 cm³/mol. The molecule has 0 spiro atoms. The van der Waals surface area contributed by atoms with Gasteiger partial charge < -0.3 is 0 Å². The van der Waals surface area contributed by atoms with Gasteiger partial charge in [0.15, 0.2) is 0 Å². The van der Waals surface area contributed by atoms with E-state index in [9.17, 15) is 0 Å². The predicted octanol–water partition coefficient (Wildman–Crippen LogP) is 8.83. The highest BCUT2D eigenvalue weighted by Crippen LogP contribution is 2.67. The highest BCUT2D eigenvalue weighted by atomic mass is 127. The van der Waals surface area contributed by atoms with E-state index >= 15 is 0 Å². The van der Waals surface area contributed by atoms with Crippen LogP contribution in [-0.4, -0.2) is 3.92 Å². The van der Waals surface area contributed by atoms with Gasteiger partial charge in [-0.05, 0) is 97.7 Å². The van der Waals surface area contributed by atoms with Crippen LogP contribution < -0.4 is 0 Å². The number of hydrogen-bond donors (Lipinski definition) is 0. The van der Waals surface area contributed by atoms with Crippen LogP contribution in [0, 0.1) is 46.3 Å². The fraction of sp³-hybridized carbons (Fsp3) is 0.926. The van der Waals surface area contributed by atoms with Crippen LogP contribution in [0.1, 0.15) is 105 Å². The van der Waals surface area contributed by atoms with E-state index in [2.05, 4.69) is 63.3 Å². The van der Waals surface area contributed by atoms with E-state index < -0.39 is 0 Å². The first-order valence-corrected chi connectivity index (χ1v) is 13.8. The van der Waals surface area contributed by atoms with E-state index in [1.807, 2.05) is 5.57 Å². The van der Waals surface area contributed by atoms with Crippen molar-refractivity contribution in [3.8, 4) is 0 Å². The smallest absolute Gasteiger partial charge is 0.0147 e. The topological polar surface area (TPSA) is 0 Å². The van der Waals surface area contributed by atoms with Gasteiger partial charge in [-0.15, -0.1) is 0 Å². The molecule has 0 unspecified atom stereocenters. The first-order chi connectivity index (χ1) is 13.3. The molecule has 0 N–H and O–H groups in total. The van der Waals surface area contributed by atoms with Gasteiger partial charge in [-0.1, -0.05) is 88.1 Å². The lowest BCUT2D eigenvalue weighted by Gasteiger charge is -2.58. The Bertz CT molecular complexity index is 591. The molecule has 0 heterocycles. The highest BCUT2D eigenvalue weighted by molar-refractivity contribution is 14.1. The number of alkyl halides is 1. The van der Waals surface area contributed by atoms with Crippen molar-refractivity contribution >= 4 is 22.6 Å². The first kappa shape index (κ1) is 21.7. The lowest BCUT2D eigenvalue weighted by molar-refractivity contribution is -0.0495. The molecular formula is C27H45I. The van der Waals surface area contributed by atoms with Crippen LogP contribution in [0.2, 0.25) is 0 Å². The fourth-order valence-corrected chi connectivity index (χ4v) is 9.43. The van der Waals surface area contributed by atoms with E-state index in [0.717, 1.165) is 39.4 Å². The van der Waals surface area contributed by atoms with E-state index in [0.29, 0.717) is 10.8 Å². The average Bonchev–Trinajstić information content (AvgIpc) is 2.99. The second-order valence-corrected chi connectivity index (χ2v) is 13.9. The molecule has 0 amide bonds. The van der Waals surface area contributed by atoms with E-state index in [1.54, 1.807) is 0 Å². The van der Waals surface area contributed by atoms with Gasteiger partial charge in [0.25, 0.3) is 0 Å². The number of hydrogen-bond acceptors (Lipinski definition) is 0. The van der Waals surface area contributed by atoms with Crippen LogP contribution in [0.4, 0.5) is 0 Å². The molecule has 4 rings (SSSR count). The molecule has 28 heavy (non-hydrogen) atoms. The molecular weight excluding hydrogens is 451 g/mol. The van der Waals surface area contributed by atoms with E-state index in [1.165, 1.54) is 70.6 Å². The van der Waals surface area contributed by atoms with Crippen molar-refractivity contribution in [3.63, 3.8) is 0 Å². The number of halogens is 1. The molecule has 8 atom stereocenters. The number of rotatable bonds is 5. The molecule has 0 aromatic carbocycles.